The number of amides is 1. The van der Waals surface area contributed by atoms with E-state index in [-0.39, 0.29) is 6.09 Å². The Morgan fingerprint density at radius 1 is 1.25 bits per heavy atom. The number of nitrogens with zero attached hydrogens (tertiary/aromatic N) is 1. The summed E-state index contributed by atoms with van der Waals surface area (Å²) in [4.78, 5) is 33.8. The van der Waals surface area contributed by atoms with E-state index in [2.05, 4.69) is 4.89 Å². The lowest BCUT2D eigenvalue weighted by Crippen LogP contribution is -2.40. The van der Waals surface area contributed by atoms with E-state index in [0.29, 0.717) is 25.7 Å². The molecule has 0 N–H and O–H groups in total. The van der Waals surface area contributed by atoms with Gasteiger partial charge in [0.05, 0.1) is 6.61 Å². The number of likely N-dealkylation sites (tertiary alicyclic amines) is 1. The van der Waals surface area contributed by atoms with E-state index >= 15 is 0 Å². The average molecular weight is 335 g/mol. The second-order valence-electron chi connectivity index (χ2n) is 6.03. The molecule has 2 rings (SSSR count). The predicted molar refractivity (Wildman–Crippen MR) is 87.9 cm³/mol. The number of carbonyl (C=O) groups excluding carboxylic acids is 2. The highest BCUT2D eigenvalue weighted by atomic mass is 17.2. The molecule has 0 spiro atoms. The molecular formula is C18H25NO5. The van der Waals surface area contributed by atoms with Crippen molar-refractivity contribution in [3.63, 3.8) is 0 Å². The van der Waals surface area contributed by atoms with E-state index < -0.39 is 5.97 Å². The zero-order valence-corrected chi connectivity index (χ0v) is 14.1. The Bertz CT molecular complexity index is 519. The van der Waals surface area contributed by atoms with E-state index in [1.165, 1.54) is 6.92 Å². The van der Waals surface area contributed by atoms with E-state index in [1.54, 1.807) is 4.90 Å². The van der Waals surface area contributed by atoms with Crippen molar-refractivity contribution in [3.05, 3.63) is 35.9 Å². The highest BCUT2D eigenvalue weighted by Crippen LogP contribution is 2.21. The van der Waals surface area contributed by atoms with Gasteiger partial charge >= 0.3 is 12.1 Å². The molecule has 0 saturated carbocycles. The highest BCUT2D eigenvalue weighted by Gasteiger charge is 2.24. The van der Waals surface area contributed by atoms with Gasteiger partial charge in [-0.3, -0.25) is 4.89 Å². The molecule has 1 amide bonds. The van der Waals surface area contributed by atoms with Gasteiger partial charge in [0.15, 0.2) is 0 Å². The molecule has 1 aromatic carbocycles. The number of hydrogen-bond acceptors (Lipinski definition) is 5. The number of ether oxygens (including phenoxy) is 1. The maximum absolute atomic E-state index is 12.2. The standard InChI is InChI=1S/C18H25NO5/c1-15(20)24-23-12-6-10-16-9-5-11-19(13-16)18(21)22-14-17-7-3-2-4-8-17/h2-4,7-8,16H,5-6,9-14H2,1H3. The molecule has 24 heavy (non-hydrogen) atoms. The van der Waals surface area contributed by atoms with Gasteiger partial charge in [0, 0.05) is 20.0 Å². The Morgan fingerprint density at radius 2 is 2.04 bits per heavy atom. The fraction of sp³-hybridized carbons (Fsp3) is 0.556. The van der Waals surface area contributed by atoms with Crippen LogP contribution in [-0.4, -0.2) is 36.7 Å². The summed E-state index contributed by atoms with van der Waals surface area (Å²) in [7, 11) is 0. The Hall–Kier alpha value is -2.08. The van der Waals surface area contributed by atoms with Crippen LogP contribution in [0.15, 0.2) is 30.3 Å². The summed E-state index contributed by atoms with van der Waals surface area (Å²) < 4.78 is 5.39. The fourth-order valence-corrected chi connectivity index (χ4v) is 2.83. The van der Waals surface area contributed by atoms with Gasteiger partial charge in [-0.1, -0.05) is 30.3 Å². The van der Waals surface area contributed by atoms with Gasteiger partial charge in [-0.15, -0.1) is 0 Å². The minimum atomic E-state index is -0.444. The minimum absolute atomic E-state index is 0.250. The molecule has 0 aromatic heterocycles. The molecule has 1 heterocycles. The van der Waals surface area contributed by atoms with E-state index in [4.69, 9.17) is 9.62 Å². The van der Waals surface area contributed by atoms with Crippen molar-refractivity contribution in [2.75, 3.05) is 19.7 Å². The van der Waals surface area contributed by atoms with Crippen LogP contribution < -0.4 is 0 Å². The average Bonchev–Trinajstić information content (AvgIpc) is 2.60. The summed E-state index contributed by atoms with van der Waals surface area (Å²) in [6.45, 7) is 3.45. The van der Waals surface area contributed by atoms with Gasteiger partial charge in [-0.2, -0.15) is 4.89 Å². The first-order chi connectivity index (χ1) is 11.6. The molecule has 6 heteroatoms. The van der Waals surface area contributed by atoms with E-state index in [0.717, 1.165) is 37.8 Å². The molecule has 1 saturated heterocycles. The number of hydrogen-bond donors (Lipinski definition) is 0. The van der Waals surface area contributed by atoms with Gasteiger partial charge in [0.1, 0.15) is 6.61 Å². The molecule has 6 nitrogen and oxygen atoms in total. The van der Waals surface area contributed by atoms with Crippen molar-refractivity contribution >= 4 is 12.1 Å². The van der Waals surface area contributed by atoms with E-state index in [1.807, 2.05) is 30.3 Å². The number of piperidine rings is 1. The van der Waals surface area contributed by atoms with E-state index in [9.17, 15) is 9.59 Å². The van der Waals surface area contributed by atoms with Crippen LogP contribution in [0.5, 0.6) is 0 Å². The van der Waals surface area contributed by atoms with Crippen LogP contribution in [0.4, 0.5) is 4.79 Å². The van der Waals surface area contributed by atoms with Crippen LogP contribution in [0.25, 0.3) is 0 Å². The molecule has 1 aliphatic rings. The second kappa shape index (κ2) is 9.93. The first-order valence-electron chi connectivity index (χ1n) is 8.41. The highest BCUT2D eigenvalue weighted by molar-refractivity contribution is 5.67. The number of carbonyl (C=O) groups is 2. The fourth-order valence-electron chi connectivity index (χ4n) is 2.83. The molecule has 1 fully saturated rings. The van der Waals surface area contributed by atoms with Crippen molar-refractivity contribution in [2.45, 2.75) is 39.2 Å². The quantitative estimate of drug-likeness (QED) is 0.434. The topological polar surface area (TPSA) is 65.1 Å². The molecule has 0 aliphatic carbocycles. The number of rotatable bonds is 7. The number of benzene rings is 1. The van der Waals surface area contributed by atoms with Gasteiger partial charge in [-0.05, 0) is 37.2 Å². The lowest BCUT2D eigenvalue weighted by Gasteiger charge is -2.32. The third-order valence-corrected chi connectivity index (χ3v) is 4.00. The summed E-state index contributed by atoms with van der Waals surface area (Å²) in [6, 6.07) is 9.67. The Kier molecular flexibility index (Phi) is 7.55. The molecule has 1 unspecified atom stereocenters. The molecule has 132 valence electrons. The van der Waals surface area contributed by atoms with Crippen LogP contribution in [0.3, 0.4) is 0 Å². The second-order valence-corrected chi connectivity index (χ2v) is 6.03. The van der Waals surface area contributed by atoms with Crippen LogP contribution >= 0.6 is 0 Å². The monoisotopic (exact) mass is 335 g/mol. The van der Waals surface area contributed by atoms with Gasteiger partial charge < -0.3 is 9.64 Å². The van der Waals surface area contributed by atoms with Crippen LogP contribution in [0, 0.1) is 5.92 Å². The summed E-state index contributed by atoms with van der Waals surface area (Å²) in [5.74, 6) is -0.0102. The Balaban J connectivity index is 1.66. The normalized spacial score (nSPS) is 17.4. The molecule has 1 aromatic rings. The first kappa shape index (κ1) is 18.3. The molecule has 1 atom stereocenters. The molecule has 0 bridgehead atoms. The largest absolute Gasteiger partial charge is 0.445 e. The maximum Gasteiger partial charge on any atom is 0.410 e. The lowest BCUT2D eigenvalue weighted by atomic mass is 9.94. The molecular weight excluding hydrogens is 310 g/mol. The molecule has 1 aliphatic heterocycles. The van der Waals surface area contributed by atoms with Crippen molar-refractivity contribution in [1.29, 1.82) is 0 Å². The zero-order valence-electron chi connectivity index (χ0n) is 14.1. The van der Waals surface area contributed by atoms with Crippen molar-refractivity contribution in [1.82, 2.24) is 4.90 Å². The molecule has 0 radical (unpaired) electrons. The van der Waals surface area contributed by atoms with Crippen LogP contribution in [-0.2, 0) is 25.9 Å². The predicted octanol–water partition coefficient (Wildman–Crippen LogP) is 3.31. The third kappa shape index (κ3) is 6.58. The van der Waals surface area contributed by atoms with Crippen LogP contribution in [0.1, 0.15) is 38.2 Å². The third-order valence-electron chi connectivity index (χ3n) is 4.00. The minimum Gasteiger partial charge on any atom is -0.445 e. The van der Waals surface area contributed by atoms with Crippen molar-refractivity contribution < 1.29 is 24.1 Å². The summed E-state index contributed by atoms with van der Waals surface area (Å²) in [5.41, 5.74) is 0.988. The summed E-state index contributed by atoms with van der Waals surface area (Å²) in [5, 5.41) is 0. The lowest BCUT2D eigenvalue weighted by molar-refractivity contribution is -0.270. The Labute approximate surface area is 142 Å². The van der Waals surface area contributed by atoms with Crippen molar-refractivity contribution in [3.8, 4) is 0 Å². The summed E-state index contributed by atoms with van der Waals surface area (Å²) >= 11 is 0. The van der Waals surface area contributed by atoms with Gasteiger partial charge in [0.2, 0.25) is 0 Å². The van der Waals surface area contributed by atoms with Crippen molar-refractivity contribution in [2.24, 2.45) is 5.92 Å². The Morgan fingerprint density at radius 3 is 2.79 bits per heavy atom. The van der Waals surface area contributed by atoms with Gasteiger partial charge in [0.25, 0.3) is 0 Å². The zero-order chi connectivity index (χ0) is 17.2. The first-order valence-corrected chi connectivity index (χ1v) is 8.41. The maximum atomic E-state index is 12.2. The summed E-state index contributed by atoms with van der Waals surface area (Å²) in [6.07, 6.45) is 3.56. The van der Waals surface area contributed by atoms with Crippen LogP contribution in [0.2, 0.25) is 0 Å². The smallest absolute Gasteiger partial charge is 0.410 e. The van der Waals surface area contributed by atoms with Gasteiger partial charge in [-0.25, -0.2) is 9.59 Å². The SMILES string of the molecule is CC(=O)OOCCCC1CCCN(C(=O)OCc2ccccc2)C1.